The molecule has 158 valence electrons. The maximum atomic E-state index is 12.5. The van der Waals surface area contributed by atoms with Crippen LogP contribution in [0.2, 0.25) is 0 Å². The maximum absolute atomic E-state index is 12.5. The van der Waals surface area contributed by atoms with Crippen molar-refractivity contribution in [2.75, 3.05) is 27.1 Å². The number of aromatic nitrogens is 1. The number of rotatable bonds is 9. The van der Waals surface area contributed by atoms with E-state index in [0.717, 1.165) is 20.9 Å². The average Bonchev–Trinajstić information content (AvgIpc) is 3.09. The summed E-state index contributed by atoms with van der Waals surface area (Å²) in [5, 5.41) is 0. The van der Waals surface area contributed by atoms with Crippen LogP contribution >= 0.6 is 23.1 Å². The second-order valence-corrected chi connectivity index (χ2v) is 8.42. The van der Waals surface area contributed by atoms with Crippen LogP contribution in [0.5, 0.6) is 17.2 Å². The Balaban J connectivity index is 1.80. The second-order valence-electron chi connectivity index (χ2n) is 6.24. The fourth-order valence-corrected chi connectivity index (χ4v) is 4.79. The van der Waals surface area contributed by atoms with Crippen LogP contribution in [0.25, 0.3) is 10.2 Å². The van der Waals surface area contributed by atoms with E-state index in [1.165, 1.54) is 11.3 Å². The van der Waals surface area contributed by atoms with Gasteiger partial charge in [-0.1, -0.05) is 17.4 Å². The van der Waals surface area contributed by atoms with Crippen LogP contribution in [-0.2, 0) is 11.3 Å². The molecule has 6 nitrogen and oxygen atoms in total. The van der Waals surface area contributed by atoms with Crippen molar-refractivity contribution in [3.63, 3.8) is 0 Å². The van der Waals surface area contributed by atoms with Gasteiger partial charge in [-0.2, -0.15) is 4.99 Å². The fraction of sp³-hybridized carbons (Fsp3) is 0.273. The van der Waals surface area contributed by atoms with E-state index in [0.29, 0.717) is 35.0 Å². The molecule has 0 spiro atoms. The van der Waals surface area contributed by atoms with Crippen LogP contribution in [0.3, 0.4) is 0 Å². The van der Waals surface area contributed by atoms with Crippen molar-refractivity contribution >= 4 is 39.2 Å². The van der Waals surface area contributed by atoms with Crippen molar-refractivity contribution < 1.29 is 19.0 Å². The van der Waals surface area contributed by atoms with E-state index in [1.807, 2.05) is 41.0 Å². The molecule has 0 atom stereocenters. The van der Waals surface area contributed by atoms with Gasteiger partial charge in [0, 0.05) is 35.7 Å². The summed E-state index contributed by atoms with van der Waals surface area (Å²) in [7, 11) is 4.84. The summed E-state index contributed by atoms with van der Waals surface area (Å²) in [6.07, 6.45) is 2.14. The number of carbonyl (C=O) groups excluding carboxylic acids is 1. The van der Waals surface area contributed by atoms with Crippen molar-refractivity contribution in [1.82, 2.24) is 4.57 Å². The highest BCUT2D eigenvalue weighted by molar-refractivity contribution is 7.99. The lowest BCUT2D eigenvalue weighted by Gasteiger charge is -2.08. The van der Waals surface area contributed by atoms with Crippen molar-refractivity contribution in [2.24, 2.45) is 4.99 Å². The summed E-state index contributed by atoms with van der Waals surface area (Å²) >= 11 is 3.07. The predicted molar refractivity (Wildman–Crippen MR) is 122 cm³/mol. The third-order valence-corrected chi connectivity index (χ3v) is 6.42. The van der Waals surface area contributed by atoms with E-state index in [1.54, 1.807) is 39.2 Å². The largest absolute Gasteiger partial charge is 0.497 e. The predicted octanol–water partition coefficient (Wildman–Crippen LogP) is 4.52. The van der Waals surface area contributed by atoms with Crippen molar-refractivity contribution in [3.05, 3.63) is 53.9 Å². The maximum Gasteiger partial charge on any atom is 0.249 e. The highest BCUT2D eigenvalue weighted by Gasteiger charge is 2.13. The number of ether oxygens (including phenoxy) is 3. The number of methoxy groups -OCH3 is 3. The minimum Gasteiger partial charge on any atom is -0.497 e. The summed E-state index contributed by atoms with van der Waals surface area (Å²) in [5.41, 5.74) is 0.928. The standard InChI is InChI=1S/C22H24N2O4S2/c1-5-11-24-17-13-18(27-3)19(28-4)14-20(17)30-22(24)23-21(25)10-12-29-16-8-6-15(26-2)7-9-16/h5-9,13-14H,1,10-12H2,2-4H3. The Hall–Kier alpha value is -2.71. The Kier molecular flexibility index (Phi) is 7.59. The molecule has 30 heavy (non-hydrogen) atoms. The summed E-state index contributed by atoms with van der Waals surface area (Å²) in [5.74, 6) is 2.59. The molecule has 0 aliphatic carbocycles. The monoisotopic (exact) mass is 444 g/mol. The van der Waals surface area contributed by atoms with Crippen LogP contribution in [0.1, 0.15) is 6.42 Å². The molecule has 0 saturated heterocycles. The van der Waals surface area contributed by atoms with Gasteiger partial charge in [0.05, 0.1) is 31.5 Å². The number of carbonyl (C=O) groups is 1. The molecule has 0 fully saturated rings. The zero-order valence-electron chi connectivity index (χ0n) is 17.2. The topological polar surface area (TPSA) is 62.1 Å². The number of thiazole rings is 1. The lowest BCUT2D eigenvalue weighted by atomic mass is 10.3. The molecule has 0 aliphatic rings. The summed E-state index contributed by atoms with van der Waals surface area (Å²) in [6.45, 7) is 4.37. The van der Waals surface area contributed by atoms with Gasteiger partial charge in [0.25, 0.3) is 0 Å². The van der Waals surface area contributed by atoms with Gasteiger partial charge in [0.15, 0.2) is 16.3 Å². The van der Waals surface area contributed by atoms with Gasteiger partial charge >= 0.3 is 0 Å². The Morgan fingerprint density at radius 2 is 1.83 bits per heavy atom. The van der Waals surface area contributed by atoms with E-state index in [4.69, 9.17) is 14.2 Å². The molecule has 0 bridgehead atoms. The second kappa shape index (κ2) is 10.4. The van der Waals surface area contributed by atoms with Gasteiger partial charge in [-0.15, -0.1) is 18.3 Å². The van der Waals surface area contributed by atoms with Crippen molar-refractivity contribution in [2.45, 2.75) is 17.9 Å². The summed E-state index contributed by atoms with van der Waals surface area (Å²) in [6, 6.07) is 11.6. The number of hydrogen-bond donors (Lipinski definition) is 0. The lowest BCUT2D eigenvalue weighted by Crippen LogP contribution is -2.16. The summed E-state index contributed by atoms with van der Waals surface area (Å²) < 4.78 is 18.9. The van der Waals surface area contributed by atoms with E-state index in [-0.39, 0.29) is 5.91 Å². The van der Waals surface area contributed by atoms with Crippen molar-refractivity contribution in [1.29, 1.82) is 0 Å². The van der Waals surface area contributed by atoms with Crippen LogP contribution in [0.15, 0.2) is 58.9 Å². The van der Waals surface area contributed by atoms with Crippen LogP contribution < -0.4 is 19.0 Å². The van der Waals surface area contributed by atoms with Gasteiger partial charge in [-0.05, 0) is 24.3 Å². The number of nitrogens with zero attached hydrogens (tertiary/aromatic N) is 2. The fourth-order valence-electron chi connectivity index (χ4n) is 2.88. The molecule has 0 aliphatic heterocycles. The molecule has 0 N–H and O–H groups in total. The summed E-state index contributed by atoms with van der Waals surface area (Å²) in [4.78, 5) is 18.6. The van der Waals surface area contributed by atoms with E-state index >= 15 is 0 Å². The first kappa shape index (κ1) is 22.0. The van der Waals surface area contributed by atoms with Crippen LogP contribution in [0, 0.1) is 0 Å². The molecule has 0 unspecified atom stereocenters. The Bertz CT molecular complexity index is 1100. The molecule has 0 radical (unpaired) electrons. The Labute approximate surface area is 183 Å². The number of thioether (sulfide) groups is 1. The molecular formula is C22H24N2O4S2. The molecule has 3 aromatic rings. The molecule has 3 rings (SSSR count). The first-order valence-corrected chi connectivity index (χ1v) is 11.1. The zero-order chi connectivity index (χ0) is 21.5. The highest BCUT2D eigenvalue weighted by Crippen LogP contribution is 2.33. The number of hydrogen-bond acceptors (Lipinski definition) is 6. The lowest BCUT2D eigenvalue weighted by molar-refractivity contribution is -0.117. The SMILES string of the molecule is C=CCn1c(=NC(=O)CCSc2ccc(OC)cc2)sc2cc(OC)c(OC)cc21. The quantitative estimate of drug-likeness (QED) is 0.359. The number of amides is 1. The zero-order valence-corrected chi connectivity index (χ0v) is 18.8. The van der Waals surface area contributed by atoms with E-state index in [9.17, 15) is 4.79 Å². The first-order valence-electron chi connectivity index (χ1n) is 9.30. The molecule has 8 heteroatoms. The van der Waals surface area contributed by atoms with Gasteiger partial charge in [-0.25, -0.2) is 0 Å². The van der Waals surface area contributed by atoms with E-state index < -0.39 is 0 Å². The molecule has 2 aromatic carbocycles. The average molecular weight is 445 g/mol. The molecule has 1 heterocycles. The normalized spacial score (nSPS) is 11.5. The first-order chi connectivity index (χ1) is 14.6. The third-order valence-electron chi connectivity index (χ3n) is 4.36. The number of fused-ring (bicyclic) bond motifs is 1. The molecular weight excluding hydrogens is 420 g/mol. The van der Waals surface area contributed by atoms with Crippen LogP contribution in [-0.4, -0.2) is 37.6 Å². The smallest absolute Gasteiger partial charge is 0.249 e. The minimum absolute atomic E-state index is 0.153. The number of allylic oxidation sites excluding steroid dienone is 1. The minimum atomic E-state index is -0.153. The van der Waals surface area contributed by atoms with Gasteiger partial charge in [0.1, 0.15) is 5.75 Å². The molecule has 0 saturated carbocycles. The van der Waals surface area contributed by atoms with E-state index in [2.05, 4.69) is 11.6 Å². The number of benzene rings is 2. The van der Waals surface area contributed by atoms with Gasteiger partial charge in [-0.3, -0.25) is 4.79 Å². The van der Waals surface area contributed by atoms with Gasteiger partial charge < -0.3 is 18.8 Å². The van der Waals surface area contributed by atoms with Crippen molar-refractivity contribution in [3.8, 4) is 17.2 Å². The molecule has 1 aromatic heterocycles. The Morgan fingerprint density at radius 3 is 2.47 bits per heavy atom. The Morgan fingerprint density at radius 1 is 1.13 bits per heavy atom. The molecule has 1 amide bonds. The highest BCUT2D eigenvalue weighted by atomic mass is 32.2. The third kappa shape index (κ3) is 5.06. The van der Waals surface area contributed by atoms with Gasteiger partial charge in [0.2, 0.25) is 5.91 Å². The van der Waals surface area contributed by atoms with Crippen LogP contribution in [0.4, 0.5) is 0 Å².